The zero-order chi connectivity index (χ0) is 16.4. The summed E-state index contributed by atoms with van der Waals surface area (Å²) in [6.07, 6.45) is 4.37. The Kier molecular flexibility index (Phi) is 4.76. The van der Waals surface area contributed by atoms with E-state index >= 15 is 0 Å². The fraction of sp³-hybridized carbons (Fsp3) is 0.308. The van der Waals surface area contributed by atoms with Crippen LogP contribution in [0.3, 0.4) is 0 Å². The van der Waals surface area contributed by atoms with E-state index in [4.69, 9.17) is 0 Å². The molecule has 7 nitrogen and oxygen atoms in total. The van der Waals surface area contributed by atoms with Gasteiger partial charge in [0.15, 0.2) is 0 Å². The van der Waals surface area contributed by atoms with Gasteiger partial charge in [0.2, 0.25) is 0 Å². The molecule has 122 valence electrons. The number of hydrogen-bond acceptors (Lipinski definition) is 6. The van der Waals surface area contributed by atoms with Crippen molar-refractivity contribution in [3.8, 4) is 0 Å². The first-order chi connectivity index (χ1) is 11.0. The molecule has 1 amide bonds. The van der Waals surface area contributed by atoms with Gasteiger partial charge in [-0.2, -0.15) is 4.31 Å². The molecule has 1 aliphatic heterocycles. The van der Waals surface area contributed by atoms with Crippen LogP contribution in [0.2, 0.25) is 0 Å². The highest BCUT2D eigenvalue weighted by atomic mass is 79.9. The lowest BCUT2D eigenvalue weighted by Crippen LogP contribution is -2.50. The van der Waals surface area contributed by atoms with Crippen LogP contribution in [-0.2, 0) is 10.0 Å². The standard InChI is InChI=1S/C13H13BrN4O3S2/c14-11-1-2-12(22-11)23(20,21)18-7-5-17(6-8-18)13(19)10-9-15-3-4-16-10/h1-4,9H,5-8H2. The minimum Gasteiger partial charge on any atom is -0.335 e. The molecule has 2 aromatic heterocycles. The Hall–Kier alpha value is -1.36. The molecule has 1 aliphatic rings. The van der Waals surface area contributed by atoms with E-state index in [2.05, 4.69) is 25.9 Å². The van der Waals surface area contributed by atoms with Gasteiger partial charge in [0.25, 0.3) is 15.9 Å². The number of nitrogens with zero attached hydrogens (tertiary/aromatic N) is 4. The largest absolute Gasteiger partial charge is 0.335 e. The number of amides is 1. The van der Waals surface area contributed by atoms with Gasteiger partial charge in [-0.15, -0.1) is 11.3 Å². The zero-order valence-corrected chi connectivity index (χ0v) is 15.1. The lowest BCUT2D eigenvalue weighted by Gasteiger charge is -2.33. The number of rotatable bonds is 3. The summed E-state index contributed by atoms with van der Waals surface area (Å²) in [7, 11) is -3.50. The molecule has 0 atom stereocenters. The zero-order valence-electron chi connectivity index (χ0n) is 11.9. The Bertz CT molecular complexity index is 802. The Morgan fingerprint density at radius 3 is 2.48 bits per heavy atom. The molecule has 0 spiro atoms. The number of sulfonamides is 1. The van der Waals surface area contributed by atoms with Gasteiger partial charge in [-0.05, 0) is 28.1 Å². The molecule has 0 aromatic carbocycles. The normalized spacial score (nSPS) is 16.5. The third-order valence-electron chi connectivity index (χ3n) is 3.45. The Morgan fingerprint density at radius 1 is 1.17 bits per heavy atom. The van der Waals surface area contributed by atoms with Crippen LogP contribution in [0.25, 0.3) is 0 Å². The van der Waals surface area contributed by atoms with Crippen molar-refractivity contribution in [2.45, 2.75) is 4.21 Å². The predicted octanol–water partition coefficient (Wildman–Crippen LogP) is 1.45. The third-order valence-corrected chi connectivity index (χ3v) is 7.44. The summed E-state index contributed by atoms with van der Waals surface area (Å²) < 4.78 is 27.6. The fourth-order valence-electron chi connectivity index (χ4n) is 2.27. The van der Waals surface area contributed by atoms with Crippen molar-refractivity contribution >= 4 is 43.2 Å². The van der Waals surface area contributed by atoms with Crippen molar-refractivity contribution in [2.24, 2.45) is 0 Å². The summed E-state index contributed by atoms with van der Waals surface area (Å²) in [5.41, 5.74) is 0.269. The summed E-state index contributed by atoms with van der Waals surface area (Å²) in [5.74, 6) is -0.228. The molecule has 1 saturated heterocycles. The Labute approximate surface area is 146 Å². The first-order valence-electron chi connectivity index (χ1n) is 6.79. The Balaban J connectivity index is 1.68. The highest BCUT2D eigenvalue weighted by molar-refractivity contribution is 9.11. The molecule has 0 aliphatic carbocycles. The number of thiophene rings is 1. The molecule has 2 aromatic rings. The van der Waals surface area contributed by atoms with Crippen LogP contribution in [0.5, 0.6) is 0 Å². The summed E-state index contributed by atoms with van der Waals surface area (Å²) in [5, 5.41) is 0. The van der Waals surface area contributed by atoms with Crippen LogP contribution in [-0.4, -0.2) is 59.7 Å². The predicted molar refractivity (Wildman–Crippen MR) is 88.7 cm³/mol. The molecule has 0 saturated carbocycles. The number of halogens is 1. The monoisotopic (exact) mass is 416 g/mol. The highest BCUT2D eigenvalue weighted by Gasteiger charge is 2.31. The highest BCUT2D eigenvalue weighted by Crippen LogP contribution is 2.29. The van der Waals surface area contributed by atoms with Gasteiger partial charge < -0.3 is 4.90 Å². The van der Waals surface area contributed by atoms with Crippen LogP contribution in [0.4, 0.5) is 0 Å². The van der Waals surface area contributed by atoms with E-state index in [0.717, 1.165) is 3.79 Å². The van der Waals surface area contributed by atoms with Crippen molar-refractivity contribution < 1.29 is 13.2 Å². The lowest BCUT2D eigenvalue weighted by molar-refractivity contribution is 0.0691. The molecule has 0 N–H and O–H groups in total. The second-order valence-electron chi connectivity index (χ2n) is 4.85. The van der Waals surface area contributed by atoms with Gasteiger partial charge in [-0.1, -0.05) is 0 Å². The van der Waals surface area contributed by atoms with Gasteiger partial charge in [0.05, 0.1) is 9.98 Å². The first-order valence-corrected chi connectivity index (χ1v) is 9.84. The van der Waals surface area contributed by atoms with Crippen molar-refractivity contribution in [1.29, 1.82) is 0 Å². The minimum atomic E-state index is -3.50. The van der Waals surface area contributed by atoms with E-state index < -0.39 is 10.0 Å². The molecular weight excluding hydrogens is 404 g/mol. The lowest BCUT2D eigenvalue weighted by atomic mass is 10.3. The van der Waals surface area contributed by atoms with Gasteiger partial charge >= 0.3 is 0 Å². The van der Waals surface area contributed by atoms with E-state index in [9.17, 15) is 13.2 Å². The molecule has 1 fully saturated rings. The van der Waals surface area contributed by atoms with E-state index in [1.54, 1.807) is 17.0 Å². The van der Waals surface area contributed by atoms with E-state index in [0.29, 0.717) is 17.3 Å². The maximum atomic E-state index is 12.5. The molecule has 0 radical (unpaired) electrons. The average molecular weight is 417 g/mol. The van der Waals surface area contributed by atoms with E-state index in [-0.39, 0.29) is 24.7 Å². The number of carbonyl (C=O) groups excluding carboxylic acids is 1. The van der Waals surface area contributed by atoms with Crippen molar-refractivity contribution in [3.63, 3.8) is 0 Å². The van der Waals surface area contributed by atoms with Crippen molar-refractivity contribution in [3.05, 3.63) is 40.2 Å². The van der Waals surface area contributed by atoms with Crippen LogP contribution < -0.4 is 0 Å². The molecule has 3 heterocycles. The smallest absolute Gasteiger partial charge is 0.274 e. The summed E-state index contributed by atoms with van der Waals surface area (Å²) in [4.78, 5) is 21.7. The van der Waals surface area contributed by atoms with Crippen molar-refractivity contribution in [2.75, 3.05) is 26.2 Å². The number of piperazine rings is 1. The quantitative estimate of drug-likeness (QED) is 0.755. The van der Waals surface area contributed by atoms with Crippen LogP contribution >= 0.6 is 27.3 Å². The summed E-state index contributed by atoms with van der Waals surface area (Å²) >= 11 is 4.45. The third kappa shape index (κ3) is 3.44. The molecule has 0 bridgehead atoms. The number of hydrogen-bond donors (Lipinski definition) is 0. The first kappa shape index (κ1) is 16.5. The topological polar surface area (TPSA) is 83.5 Å². The van der Waals surface area contributed by atoms with Gasteiger partial charge in [0, 0.05) is 38.6 Å². The van der Waals surface area contributed by atoms with Crippen molar-refractivity contribution in [1.82, 2.24) is 19.2 Å². The van der Waals surface area contributed by atoms with Gasteiger partial charge in [0.1, 0.15) is 9.90 Å². The Morgan fingerprint density at radius 2 is 1.91 bits per heavy atom. The maximum Gasteiger partial charge on any atom is 0.274 e. The fourth-order valence-corrected chi connectivity index (χ4v) is 5.85. The summed E-state index contributed by atoms with van der Waals surface area (Å²) in [6.45, 7) is 1.20. The van der Waals surface area contributed by atoms with Gasteiger partial charge in [-0.25, -0.2) is 13.4 Å². The summed E-state index contributed by atoms with van der Waals surface area (Å²) in [6, 6.07) is 3.30. The molecule has 23 heavy (non-hydrogen) atoms. The average Bonchev–Trinajstić information content (AvgIpc) is 3.02. The van der Waals surface area contributed by atoms with Crippen LogP contribution in [0.15, 0.2) is 38.7 Å². The number of aromatic nitrogens is 2. The molecule has 0 unspecified atom stereocenters. The molecular formula is C13H13BrN4O3S2. The second-order valence-corrected chi connectivity index (χ2v) is 9.47. The molecule has 10 heteroatoms. The number of carbonyl (C=O) groups is 1. The van der Waals surface area contributed by atoms with E-state index in [1.807, 2.05) is 0 Å². The van der Waals surface area contributed by atoms with Gasteiger partial charge in [-0.3, -0.25) is 9.78 Å². The maximum absolute atomic E-state index is 12.5. The second kappa shape index (κ2) is 6.63. The molecule has 3 rings (SSSR count). The van der Waals surface area contributed by atoms with Crippen LogP contribution in [0, 0.1) is 0 Å². The minimum absolute atomic E-state index is 0.228. The van der Waals surface area contributed by atoms with Crippen LogP contribution in [0.1, 0.15) is 10.5 Å². The SMILES string of the molecule is O=C(c1cnccn1)N1CCN(S(=O)(=O)c2ccc(Br)s2)CC1. The van der Waals surface area contributed by atoms with E-state index in [1.165, 1.54) is 34.2 Å².